The van der Waals surface area contributed by atoms with Gasteiger partial charge in [-0.1, -0.05) is 133 Å². The molecule has 8 aromatic carbocycles. The molecule has 0 amide bonds. The summed E-state index contributed by atoms with van der Waals surface area (Å²) in [5, 5.41) is 10.1. The predicted molar refractivity (Wildman–Crippen MR) is 178 cm³/mol. The zero-order valence-electron chi connectivity index (χ0n) is 23.2. The van der Waals surface area contributed by atoms with Crippen LogP contribution in [0, 0.1) is 6.92 Å². The number of para-hydroxylation sites is 2. The van der Waals surface area contributed by atoms with Gasteiger partial charge in [-0.3, -0.25) is 0 Å². The number of hydrogen-bond donors (Lipinski definition) is 0. The van der Waals surface area contributed by atoms with E-state index in [0.29, 0.717) is 0 Å². The first kappa shape index (κ1) is 23.3. The summed E-state index contributed by atoms with van der Waals surface area (Å²) in [5.41, 5.74) is 10.4. The number of fused-ring (bicyclic) bond motifs is 3. The lowest BCUT2D eigenvalue weighted by Gasteiger charge is -2.17. The lowest BCUT2D eigenvalue weighted by Crippen LogP contribution is -1.90. The molecule has 0 bridgehead atoms. The van der Waals surface area contributed by atoms with Crippen molar-refractivity contribution in [1.29, 1.82) is 0 Å². The molecular formula is C41H26O. The van der Waals surface area contributed by atoms with Crippen LogP contribution in [0.3, 0.4) is 0 Å². The lowest BCUT2D eigenvalue weighted by molar-refractivity contribution is 0.670. The molecule has 1 aromatic heterocycles. The molecule has 9 aromatic rings. The van der Waals surface area contributed by atoms with Crippen molar-refractivity contribution >= 4 is 54.3 Å². The minimum Gasteiger partial charge on any atom is -0.455 e. The van der Waals surface area contributed by atoms with Crippen molar-refractivity contribution in [1.82, 2.24) is 0 Å². The van der Waals surface area contributed by atoms with Gasteiger partial charge in [-0.15, -0.1) is 0 Å². The van der Waals surface area contributed by atoms with Crippen LogP contribution in [-0.2, 0) is 0 Å². The average molecular weight is 535 g/mol. The number of furan rings is 1. The van der Waals surface area contributed by atoms with E-state index in [-0.39, 0.29) is 0 Å². The number of hydrogen-bond acceptors (Lipinski definition) is 1. The van der Waals surface area contributed by atoms with Gasteiger partial charge in [-0.2, -0.15) is 0 Å². The summed E-state index contributed by atoms with van der Waals surface area (Å²) in [6, 6.07) is 50.8. The maximum Gasteiger partial charge on any atom is 0.143 e. The van der Waals surface area contributed by atoms with E-state index in [1.807, 2.05) is 12.1 Å². The van der Waals surface area contributed by atoms with Crippen molar-refractivity contribution in [3.8, 4) is 33.4 Å². The van der Waals surface area contributed by atoms with Gasteiger partial charge in [0.15, 0.2) is 0 Å². The fraction of sp³-hybridized carbons (Fsp3) is 0.0244. The predicted octanol–water partition coefficient (Wildman–Crippen LogP) is 11.8. The molecule has 0 atom stereocenters. The summed E-state index contributed by atoms with van der Waals surface area (Å²) < 4.78 is 6.39. The van der Waals surface area contributed by atoms with E-state index in [1.54, 1.807) is 0 Å². The molecule has 0 saturated carbocycles. The second kappa shape index (κ2) is 8.80. The first-order valence-electron chi connectivity index (χ1n) is 14.5. The highest BCUT2D eigenvalue weighted by Gasteiger charge is 2.16. The molecule has 42 heavy (non-hydrogen) atoms. The Hall–Kier alpha value is -5.40. The van der Waals surface area contributed by atoms with E-state index in [1.165, 1.54) is 60.1 Å². The van der Waals surface area contributed by atoms with Gasteiger partial charge in [0.25, 0.3) is 0 Å². The van der Waals surface area contributed by atoms with Crippen molar-refractivity contribution in [2.75, 3.05) is 0 Å². The van der Waals surface area contributed by atoms with Crippen molar-refractivity contribution in [2.45, 2.75) is 6.92 Å². The molecule has 0 spiro atoms. The summed E-state index contributed by atoms with van der Waals surface area (Å²) in [7, 11) is 0. The maximum absolute atomic E-state index is 6.39. The SMILES string of the molecule is Cc1ccc(-c2ccc3ccc4c(-c5cccc(-c6cccc7c6oc6ccccc67)c5)ccc5ccc2c3c54)cc1. The van der Waals surface area contributed by atoms with E-state index in [0.717, 1.165) is 33.1 Å². The standard InChI is InChI=1S/C41H26O/c1-25-12-14-26(15-13-25)31-20-16-27-19-23-36-32(21-17-28-18-22-35(31)39(27)40(28)36)29-6-4-7-30(24-29)33-9-5-10-37-34-8-2-3-11-38(34)42-41(33)37/h2-24H,1H3. The lowest BCUT2D eigenvalue weighted by atomic mass is 9.87. The minimum atomic E-state index is 0.924. The molecule has 0 radical (unpaired) electrons. The fourth-order valence-electron chi connectivity index (χ4n) is 6.87. The molecule has 1 heteroatoms. The zero-order chi connectivity index (χ0) is 27.8. The third-order valence-electron chi connectivity index (χ3n) is 8.92. The second-order valence-corrected chi connectivity index (χ2v) is 11.4. The van der Waals surface area contributed by atoms with Crippen molar-refractivity contribution < 1.29 is 4.42 Å². The molecule has 0 fully saturated rings. The van der Waals surface area contributed by atoms with Crippen molar-refractivity contribution in [3.05, 3.63) is 145 Å². The van der Waals surface area contributed by atoms with Crippen LogP contribution in [0.4, 0.5) is 0 Å². The Bertz CT molecular complexity index is 2460. The summed E-state index contributed by atoms with van der Waals surface area (Å²) in [4.78, 5) is 0. The average Bonchev–Trinajstić information content (AvgIpc) is 3.43. The minimum absolute atomic E-state index is 0.924. The molecule has 1 nitrogen and oxygen atoms in total. The van der Waals surface area contributed by atoms with Gasteiger partial charge < -0.3 is 4.42 Å². The number of benzene rings is 8. The van der Waals surface area contributed by atoms with Crippen LogP contribution in [0.15, 0.2) is 144 Å². The van der Waals surface area contributed by atoms with Gasteiger partial charge in [0, 0.05) is 16.3 Å². The van der Waals surface area contributed by atoms with Crippen LogP contribution in [0.2, 0.25) is 0 Å². The summed E-state index contributed by atoms with van der Waals surface area (Å²) >= 11 is 0. The topological polar surface area (TPSA) is 13.1 Å². The van der Waals surface area contributed by atoms with Crippen molar-refractivity contribution in [2.24, 2.45) is 0 Å². The molecular weight excluding hydrogens is 508 g/mol. The van der Waals surface area contributed by atoms with Gasteiger partial charge in [0.05, 0.1) is 0 Å². The highest BCUT2D eigenvalue weighted by Crippen LogP contribution is 2.43. The Morgan fingerprint density at radius 1 is 0.405 bits per heavy atom. The normalized spacial score (nSPS) is 11.9. The van der Waals surface area contributed by atoms with Gasteiger partial charge in [-0.25, -0.2) is 0 Å². The van der Waals surface area contributed by atoms with E-state index in [9.17, 15) is 0 Å². The number of aryl methyl sites for hydroxylation is 1. The molecule has 0 aliphatic rings. The highest BCUT2D eigenvalue weighted by molar-refractivity contribution is 6.27. The summed E-state index contributed by atoms with van der Waals surface area (Å²) in [6.07, 6.45) is 0. The highest BCUT2D eigenvalue weighted by atomic mass is 16.3. The second-order valence-electron chi connectivity index (χ2n) is 11.4. The van der Waals surface area contributed by atoms with E-state index in [4.69, 9.17) is 4.42 Å². The van der Waals surface area contributed by atoms with E-state index >= 15 is 0 Å². The van der Waals surface area contributed by atoms with E-state index in [2.05, 4.69) is 134 Å². The van der Waals surface area contributed by atoms with Crippen LogP contribution in [0.25, 0.3) is 87.6 Å². The van der Waals surface area contributed by atoms with Crippen LogP contribution < -0.4 is 0 Å². The monoisotopic (exact) mass is 534 g/mol. The smallest absolute Gasteiger partial charge is 0.143 e. The summed E-state index contributed by atoms with van der Waals surface area (Å²) in [5.74, 6) is 0. The first-order valence-corrected chi connectivity index (χ1v) is 14.5. The quantitative estimate of drug-likeness (QED) is 0.205. The molecule has 9 rings (SSSR count). The Morgan fingerprint density at radius 3 is 1.74 bits per heavy atom. The summed E-state index contributed by atoms with van der Waals surface area (Å²) in [6.45, 7) is 2.14. The molecule has 0 aliphatic carbocycles. The maximum atomic E-state index is 6.39. The van der Waals surface area contributed by atoms with Gasteiger partial charge in [-0.05, 0) is 79.2 Å². The van der Waals surface area contributed by atoms with Crippen molar-refractivity contribution in [3.63, 3.8) is 0 Å². The van der Waals surface area contributed by atoms with Gasteiger partial charge in [0.2, 0.25) is 0 Å². The van der Waals surface area contributed by atoms with Gasteiger partial charge >= 0.3 is 0 Å². The Morgan fingerprint density at radius 2 is 1.00 bits per heavy atom. The first-order chi connectivity index (χ1) is 20.7. The fourth-order valence-corrected chi connectivity index (χ4v) is 6.87. The third-order valence-corrected chi connectivity index (χ3v) is 8.92. The van der Waals surface area contributed by atoms with Crippen LogP contribution in [-0.4, -0.2) is 0 Å². The zero-order valence-corrected chi connectivity index (χ0v) is 23.2. The Labute approximate surface area is 243 Å². The van der Waals surface area contributed by atoms with E-state index < -0.39 is 0 Å². The Balaban J connectivity index is 1.26. The van der Waals surface area contributed by atoms with Crippen LogP contribution >= 0.6 is 0 Å². The molecule has 1 heterocycles. The van der Waals surface area contributed by atoms with Crippen LogP contribution in [0.5, 0.6) is 0 Å². The molecule has 0 aliphatic heterocycles. The largest absolute Gasteiger partial charge is 0.455 e. The van der Waals surface area contributed by atoms with Gasteiger partial charge in [0.1, 0.15) is 11.2 Å². The molecule has 0 unspecified atom stereocenters. The molecule has 0 saturated heterocycles. The molecule has 196 valence electrons. The molecule has 0 N–H and O–H groups in total. The van der Waals surface area contributed by atoms with Crippen LogP contribution in [0.1, 0.15) is 5.56 Å². The Kier molecular flexibility index (Phi) is 4.88. The third kappa shape index (κ3) is 3.37. The number of rotatable bonds is 3.